The molecule has 0 aromatic heterocycles. The molecule has 4 aliphatic carbocycles. The highest BCUT2D eigenvalue weighted by molar-refractivity contribution is 5.89. The number of amides is 3. The highest BCUT2D eigenvalue weighted by Gasteiger charge is 2.62. The first-order valence-electron chi connectivity index (χ1n) is 45.8. The Kier molecular flexibility index (Phi) is 39.3. The number of hydrogen-bond donors (Lipinski definition) is 4. The molecule has 24 atom stereocenters. The summed E-state index contributed by atoms with van der Waals surface area (Å²) in [5.74, 6) is -12.9. The number of halogens is 4. The Hall–Kier alpha value is -7.93. The molecule has 126 heavy (non-hydrogen) atoms. The van der Waals surface area contributed by atoms with E-state index in [0.717, 1.165) is 70.6 Å². The van der Waals surface area contributed by atoms with Crippen LogP contribution in [-0.4, -0.2) is 197 Å². The fourth-order valence-electron chi connectivity index (χ4n) is 19.7. The van der Waals surface area contributed by atoms with Gasteiger partial charge in [0.1, 0.15) is 96.4 Å². The van der Waals surface area contributed by atoms with Crippen molar-refractivity contribution in [3.8, 4) is 24.3 Å². The van der Waals surface area contributed by atoms with Gasteiger partial charge in [0.2, 0.25) is 17.7 Å². The number of hydrogen-bond acceptors (Lipinski definition) is 27. The average Bonchev–Trinajstić information content (AvgIpc) is 1.62. The van der Waals surface area contributed by atoms with Crippen molar-refractivity contribution in [2.75, 3.05) is 52.9 Å². The molecule has 6 unspecified atom stereocenters. The number of rotatable bonds is 38. The van der Waals surface area contributed by atoms with Gasteiger partial charge in [-0.25, -0.2) is 17.6 Å². The standard InChI is InChI=1S/2C24H36N2O5.2C22H30F2N2O6/c1-15(2)10-18(16(3)26-19(13-25)11-17-6-4-8-21(17)27)12-23(28)31-22-14-30-24-20(22)7-5-9-29-24;1-15(2)9-17(23(29)26-19(13-25)10-16-5-3-7-22(16)28)11-20(27)12-18-14-31-24-21(18)6-4-8-30-24;2*1-12(2)6-14(20(29)26-15(9-25)7-13-4-3-5-16(13)27)8-18(28)32-17-10-30-21-19(17)22(23,24)11-31-21/h15,17-20,22,24,26H,3-12,14H2,1-2H3;15-19,21,24H,3-12,14H2,1-2H3,(H,26,29);2*12-15,17,19,21H,3-8,10-11H2,1-2H3,(H,26,29)/t17-,18+,19-,20?,22?,24?;16-,17+,18?,19-,21?,24?;2*13-,14+,15-,17-,19-,21-/m0000/s1. The molecular formula is C92H132F4N8O22. The Morgan fingerprint density at radius 3 is 1.09 bits per heavy atom. The Balaban J connectivity index is 0.000000190. The maximum absolute atomic E-state index is 14.0. The van der Waals surface area contributed by atoms with Crippen molar-refractivity contribution >= 4 is 64.5 Å². The zero-order valence-corrected chi connectivity index (χ0v) is 74.3. The van der Waals surface area contributed by atoms with E-state index in [1.807, 2.05) is 53.7 Å². The van der Waals surface area contributed by atoms with Gasteiger partial charge < -0.3 is 73.4 Å². The topological polar surface area (TPSA) is 433 Å². The fourth-order valence-corrected chi connectivity index (χ4v) is 19.7. The highest BCUT2D eigenvalue weighted by Crippen LogP contribution is 2.46. The Labute approximate surface area is 737 Å². The molecule has 4 saturated carbocycles. The van der Waals surface area contributed by atoms with Crippen molar-refractivity contribution in [2.45, 2.75) is 321 Å². The van der Waals surface area contributed by atoms with Gasteiger partial charge in [0.05, 0.1) is 70.0 Å². The summed E-state index contributed by atoms with van der Waals surface area (Å²) in [5, 5.41) is 49.2. The summed E-state index contributed by atoms with van der Waals surface area (Å²) >= 11 is 0. The zero-order valence-electron chi connectivity index (χ0n) is 74.3. The molecule has 34 heteroatoms. The number of fused-ring (bicyclic) bond motifs is 4. The fraction of sp³-hybridized carbons (Fsp3) is 0.815. The Morgan fingerprint density at radius 1 is 0.405 bits per heavy atom. The lowest BCUT2D eigenvalue weighted by Crippen LogP contribution is -2.42. The van der Waals surface area contributed by atoms with E-state index in [9.17, 15) is 91.3 Å². The molecule has 0 aromatic carbocycles. The first kappa shape index (κ1) is 102. The van der Waals surface area contributed by atoms with Gasteiger partial charge >= 0.3 is 17.9 Å². The van der Waals surface area contributed by atoms with Crippen LogP contribution in [-0.2, 0) is 105 Å². The predicted octanol–water partition coefficient (Wildman–Crippen LogP) is 11.4. The largest absolute Gasteiger partial charge is 0.459 e. The molecule has 0 aromatic rings. The monoisotopic (exact) mass is 1780 g/mol. The minimum atomic E-state index is -3.15. The third-order valence-corrected chi connectivity index (χ3v) is 26.1. The quantitative estimate of drug-likeness (QED) is 0.0253. The summed E-state index contributed by atoms with van der Waals surface area (Å²) in [6.45, 7) is 20.3. The van der Waals surface area contributed by atoms with E-state index in [2.05, 4.69) is 53.8 Å². The van der Waals surface area contributed by atoms with Crippen LogP contribution >= 0.6 is 0 Å². The maximum Gasteiger partial charge on any atom is 0.306 e. The first-order valence-corrected chi connectivity index (χ1v) is 45.8. The van der Waals surface area contributed by atoms with E-state index in [0.29, 0.717) is 115 Å². The summed E-state index contributed by atoms with van der Waals surface area (Å²) in [6.07, 6.45) is 10.9. The van der Waals surface area contributed by atoms with Crippen LogP contribution in [0.3, 0.4) is 0 Å². The number of esters is 3. The number of nitrogens with one attached hydrogen (secondary N) is 4. The molecule has 12 aliphatic rings. The lowest BCUT2D eigenvalue weighted by atomic mass is 9.83. The van der Waals surface area contributed by atoms with Crippen LogP contribution in [0, 0.1) is 146 Å². The predicted molar refractivity (Wildman–Crippen MR) is 440 cm³/mol. The van der Waals surface area contributed by atoms with Crippen molar-refractivity contribution in [2.24, 2.45) is 101 Å². The first-order chi connectivity index (χ1) is 59.9. The molecule has 8 aliphatic heterocycles. The lowest BCUT2D eigenvalue weighted by molar-refractivity contribution is -0.160. The minimum Gasteiger partial charge on any atom is -0.459 e. The number of Topliss-reactive ketones (excluding diaryl/α,β-unsaturated/α-hetero) is 5. The number of alkyl halides is 4. The second-order valence-electron chi connectivity index (χ2n) is 38.2. The lowest BCUT2D eigenvalue weighted by Gasteiger charge is -2.28. The van der Waals surface area contributed by atoms with Crippen molar-refractivity contribution in [3.63, 3.8) is 0 Å². The Morgan fingerprint density at radius 2 is 0.722 bits per heavy atom. The van der Waals surface area contributed by atoms with Gasteiger partial charge in [0.25, 0.3) is 11.8 Å². The summed E-state index contributed by atoms with van der Waals surface area (Å²) < 4.78 is 115. The van der Waals surface area contributed by atoms with Gasteiger partial charge in [-0.15, -0.1) is 0 Å². The molecule has 4 N–H and O–H groups in total. The number of nitriles is 4. The molecule has 12 fully saturated rings. The second kappa shape index (κ2) is 48.6. The molecule has 0 bridgehead atoms. The van der Waals surface area contributed by atoms with Crippen LogP contribution in [0.2, 0.25) is 0 Å². The zero-order chi connectivity index (χ0) is 91.7. The normalized spacial score (nSPS) is 30.2. The summed E-state index contributed by atoms with van der Waals surface area (Å²) in [5.41, 5.74) is 0.671. The van der Waals surface area contributed by atoms with Crippen LogP contribution in [0.1, 0.15) is 242 Å². The van der Waals surface area contributed by atoms with Crippen LogP contribution in [0.5, 0.6) is 0 Å². The van der Waals surface area contributed by atoms with Gasteiger partial charge in [-0.2, -0.15) is 21.0 Å². The number of allylic oxidation sites excluding steroid dienone is 1. The number of ether oxygens (including phenoxy) is 11. The van der Waals surface area contributed by atoms with Crippen molar-refractivity contribution in [1.82, 2.24) is 21.3 Å². The number of carbonyl (C=O) groups is 11. The molecule has 8 saturated heterocycles. The van der Waals surface area contributed by atoms with Gasteiger partial charge in [-0.3, -0.25) is 52.7 Å². The number of nitrogens with zero attached hydrogens (tertiary/aromatic N) is 4. The van der Waals surface area contributed by atoms with Crippen molar-refractivity contribution in [1.29, 1.82) is 21.0 Å². The number of ketones is 5. The highest BCUT2D eigenvalue weighted by atomic mass is 19.3. The van der Waals surface area contributed by atoms with E-state index < -0.39 is 127 Å². The summed E-state index contributed by atoms with van der Waals surface area (Å²) in [4.78, 5) is 137. The molecule has 8 heterocycles. The molecule has 0 radical (unpaired) electrons. The van der Waals surface area contributed by atoms with E-state index in [1.54, 1.807) is 0 Å². The number of carbonyl (C=O) groups excluding carboxylic acids is 11. The maximum atomic E-state index is 14.0. The second-order valence-corrected chi connectivity index (χ2v) is 38.2. The molecule has 3 amide bonds. The molecule has 0 spiro atoms. The smallest absolute Gasteiger partial charge is 0.306 e. The van der Waals surface area contributed by atoms with E-state index in [1.165, 1.54) is 0 Å². The third kappa shape index (κ3) is 30.1. The van der Waals surface area contributed by atoms with Crippen molar-refractivity contribution in [3.05, 3.63) is 12.3 Å². The SMILES string of the molecule is C=C(N[C@H](C#N)C[C@@H]1CCCC1=O)[C@@H](CC(=O)OC1COC2OCCCC12)CC(C)C.CC(C)C[C@H](CC(=O)CC1COC2OCCCC12)C(=O)N[C@H](C#N)C[C@@H]1CCCC1=O.CC(C)C[C@H](CC(=O)O[C@H]1CO[C@H]2OCC(F)(F)[C@H]21)C(=O)N[C@H](C#N)C[C@@H]1CCCC1=O.CC(C)C[C@H](CC(=O)O[C@H]1CO[C@H]2OCC(F)(F)[C@H]21)C(=O)N[C@H](C#N)C[C@@H]1CCCC1=O. The van der Waals surface area contributed by atoms with Crippen molar-refractivity contribution < 1.29 is 122 Å². The minimum absolute atomic E-state index is 0.0495. The van der Waals surface area contributed by atoms with E-state index >= 15 is 0 Å². The van der Waals surface area contributed by atoms with Gasteiger partial charge in [0.15, 0.2) is 25.2 Å². The van der Waals surface area contributed by atoms with E-state index in [-0.39, 0.29) is 176 Å². The summed E-state index contributed by atoms with van der Waals surface area (Å²) in [7, 11) is 0. The van der Waals surface area contributed by atoms with Crippen LogP contribution < -0.4 is 21.3 Å². The van der Waals surface area contributed by atoms with E-state index in [4.69, 9.17) is 52.1 Å². The Bertz CT molecular complexity index is 3670. The molecule has 30 nitrogen and oxygen atoms in total. The van der Waals surface area contributed by atoms with Crippen LogP contribution in [0.25, 0.3) is 0 Å². The third-order valence-electron chi connectivity index (χ3n) is 26.1. The molecule has 700 valence electrons. The average molecular weight is 1780 g/mol. The summed E-state index contributed by atoms with van der Waals surface area (Å²) in [6, 6.07) is 5.60. The van der Waals surface area contributed by atoms with Crippen LogP contribution in [0.15, 0.2) is 12.3 Å². The van der Waals surface area contributed by atoms with Crippen LogP contribution in [0.4, 0.5) is 17.6 Å². The molecular weight excluding hydrogens is 1650 g/mol. The van der Waals surface area contributed by atoms with Gasteiger partial charge in [-0.05, 0) is 158 Å². The molecule has 12 rings (SSSR count). The van der Waals surface area contributed by atoms with Gasteiger partial charge in [0, 0.05) is 117 Å². The van der Waals surface area contributed by atoms with Gasteiger partial charge in [-0.1, -0.05) is 62.0 Å².